The molecule has 1 aliphatic heterocycles. The molecule has 0 saturated carbocycles. The van der Waals surface area contributed by atoms with Crippen molar-refractivity contribution in [1.82, 2.24) is 14.5 Å². The highest BCUT2D eigenvalue weighted by molar-refractivity contribution is 6.46. The molecule has 9 heteroatoms. The van der Waals surface area contributed by atoms with Gasteiger partial charge in [-0.2, -0.15) is 0 Å². The van der Waals surface area contributed by atoms with Gasteiger partial charge in [-0.3, -0.25) is 9.59 Å². The van der Waals surface area contributed by atoms with E-state index in [1.54, 1.807) is 55.0 Å². The van der Waals surface area contributed by atoms with Crippen LogP contribution in [0, 0.1) is 0 Å². The van der Waals surface area contributed by atoms with E-state index >= 15 is 0 Å². The van der Waals surface area contributed by atoms with E-state index in [1.165, 1.54) is 19.1 Å². The number of likely N-dealkylation sites (tertiary alicyclic amines) is 1. The van der Waals surface area contributed by atoms with Crippen LogP contribution in [-0.2, 0) is 16.1 Å². The number of Topliss-reactive ketones (excluding diaryl/α,β-unsaturated/α-hetero) is 1. The quantitative estimate of drug-likeness (QED) is 0.296. The smallest absolute Gasteiger partial charge is 0.295 e. The van der Waals surface area contributed by atoms with E-state index in [2.05, 4.69) is 4.98 Å². The van der Waals surface area contributed by atoms with Gasteiger partial charge in [-0.1, -0.05) is 11.6 Å². The fourth-order valence-corrected chi connectivity index (χ4v) is 4.21. The number of hydrogen-bond donors (Lipinski definition) is 1. The second-order valence-electron chi connectivity index (χ2n) is 7.76. The zero-order chi connectivity index (χ0) is 24.2. The van der Waals surface area contributed by atoms with Crippen LogP contribution in [0.4, 0.5) is 0 Å². The molecule has 0 bridgehead atoms. The number of aryl methyl sites for hydroxylation is 1. The summed E-state index contributed by atoms with van der Waals surface area (Å²) in [7, 11) is 3.04. The van der Waals surface area contributed by atoms with E-state index in [1.807, 2.05) is 10.8 Å². The van der Waals surface area contributed by atoms with Gasteiger partial charge in [0, 0.05) is 47.7 Å². The van der Waals surface area contributed by atoms with Gasteiger partial charge >= 0.3 is 0 Å². The number of ketones is 1. The highest BCUT2D eigenvalue weighted by atomic mass is 35.5. The first-order valence-electron chi connectivity index (χ1n) is 10.7. The molecule has 0 aliphatic carbocycles. The van der Waals surface area contributed by atoms with Gasteiger partial charge in [0.25, 0.3) is 11.7 Å². The van der Waals surface area contributed by atoms with E-state index in [0.29, 0.717) is 47.2 Å². The van der Waals surface area contributed by atoms with Gasteiger partial charge in [0.05, 0.1) is 32.2 Å². The summed E-state index contributed by atoms with van der Waals surface area (Å²) >= 11 is 5.98. The average Bonchev–Trinajstić information content (AvgIpc) is 3.46. The first-order chi connectivity index (χ1) is 16.4. The molecule has 1 aliphatic rings. The monoisotopic (exact) mass is 481 g/mol. The number of benzene rings is 2. The summed E-state index contributed by atoms with van der Waals surface area (Å²) in [6, 6.07) is 10.8. The number of ether oxygens (including phenoxy) is 2. The molecule has 0 spiro atoms. The molecule has 1 atom stereocenters. The summed E-state index contributed by atoms with van der Waals surface area (Å²) in [4.78, 5) is 31.8. The molecule has 1 fully saturated rings. The molecule has 1 aromatic heterocycles. The van der Waals surface area contributed by atoms with Crippen LogP contribution in [-0.4, -0.2) is 52.0 Å². The van der Waals surface area contributed by atoms with Gasteiger partial charge in [-0.15, -0.1) is 0 Å². The summed E-state index contributed by atoms with van der Waals surface area (Å²) in [5, 5.41) is 11.6. The third kappa shape index (κ3) is 4.49. The SMILES string of the molecule is COc1ccc(C2/C(=C(/O)c3ccc(Cl)cc3)C(=O)C(=O)N2CCCn2ccnc2)c(OC)c1. The predicted molar refractivity (Wildman–Crippen MR) is 127 cm³/mol. The van der Waals surface area contributed by atoms with Crippen LogP contribution in [0.2, 0.25) is 5.02 Å². The second-order valence-corrected chi connectivity index (χ2v) is 8.20. The van der Waals surface area contributed by atoms with Crippen molar-refractivity contribution in [2.24, 2.45) is 0 Å². The Kier molecular flexibility index (Phi) is 6.88. The molecule has 8 nitrogen and oxygen atoms in total. The maximum atomic E-state index is 13.2. The Morgan fingerprint density at radius 1 is 1.09 bits per heavy atom. The summed E-state index contributed by atoms with van der Waals surface area (Å²) < 4.78 is 12.8. The van der Waals surface area contributed by atoms with Crippen LogP contribution < -0.4 is 9.47 Å². The predicted octanol–water partition coefficient (Wildman–Crippen LogP) is 4.07. The molecule has 0 radical (unpaired) electrons. The first kappa shape index (κ1) is 23.4. The van der Waals surface area contributed by atoms with Crippen LogP contribution in [0.25, 0.3) is 5.76 Å². The van der Waals surface area contributed by atoms with Crippen LogP contribution in [0.3, 0.4) is 0 Å². The van der Waals surface area contributed by atoms with Crippen molar-refractivity contribution >= 4 is 29.1 Å². The van der Waals surface area contributed by atoms with Gasteiger partial charge < -0.3 is 24.0 Å². The molecule has 2 aromatic carbocycles. The number of nitrogens with zero attached hydrogens (tertiary/aromatic N) is 3. The summed E-state index contributed by atoms with van der Waals surface area (Å²) in [6.07, 6.45) is 5.79. The van der Waals surface area contributed by atoms with Crippen molar-refractivity contribution in [3.63, 3.8) is 0 Å². The molecule has 34 heavy (non-hydrogen) atoms. The third-order valence-electron chi connectivity index (χ3n) is 5.77. The van der Waals surface area contributed by atoms with E-state index in [4.69, 9.17) is 21.1 Å². The zero-order valence-electron chi connectivity index (χ0n) is 18.8. The number of aliphatic hydroxyl groups is 1. The second kappa shape index (κ2) is 10.0. The number of hydrogen-bond acceptors (Lipinski definition) is 6. The molecule has 176 valence electrons. The van der Waals surface area contributed by atoms with Gasteiger partial charge in [0.15, 0.2) is 0 Å². The highest BCUT2D eigenvalue weighted by Gasteiger charge is 2.46. The van der Waals surface area contributed by atoms with Crippen LogP contribution in [0.15, 0.2) is 66.8 Å². The first-order valence-corrected chi connectivity index (χ1v) is 11.0. The maximum absolute atomic E-state index is 13.2. The zero-order valence-corrected chi connectivity index (χ0v) is 19.5. The van der Waals surface area contributed by atoms with Crippen molar-refractivity contribution < 1.29 is 24.2 Å². The van der Waals surface area contributed by atoms with Crippen molar-refractivity contribution in [3.05, 3.63) is 82.9 Å². The standard InChI is InChI=1S/C25H24ClN3O5/c1-33-18-8-9-19(20(14-18)34-2)22-21(23(30)16-4-6-17(26)7-5-16)24(31)25(32)29(22)12-3-11-28-13-10-27-15-28/h4-10,13-15,22,30H,3,11-12H2,1-2H3/b23-21-. The minimum Gasteiger partial charge on any atom is -0.507 e. The molecular formula is C25H24ClN3O5. The number of rotatable bonds is 8. The van der Waals surface area contributed by atoms with Crippen molar-refractivity contribution in [1.29, 1.82) is 0 Å². The molecule has 4 rings (SSSR count). The largest absolute Gasteiger partial charge is 0.507 e. The normalized spacial score (nSPS) is 17.3. The molecule has 3 aromatic rings. The summed E-state index contributed by atoms with van der Waals surface area (Å²) in [6.45, 7) is 0.909. The lowest BCUT2D eigenvalue weighted by molar-refractivity contribution is -0.140. The third-order valence-corrected chi connectivity index (χ3v) is 6.02. The lowest BCUT2D eigenvalue weighted by atomic mass is 9.94. The number of carbonyl (C=O) groups is 2. The maximum Gasteiger partial charge on any atom is 0.295 e. The highest BCUT2D eigenvalue weighted by Crippen LogP contribution is 2.43. The van der Waals surface area contributed by atoms with Crippen molar-refractivity contribution in [2.75, 3.05) is 20.8 Å². The van der Waals surface area contributed by atoms with Crippen molar-refractivity contribution in [2.45, 2.75) is 19.0 Å². The van der Waals surface area contributed by atoms with Crippen LogP contribution >= 0.6 is 11.6 Å². The summed E-state index contributed by atoms with van der Waals surface area (Å²) in [5.41, 5.74) is 0.956. The minimum absolute atomic E-state index is 0.00146. The Hall–Kier alpha value is -3.78. The van der Waals surface area contributed by atoms with Crippen LogP contribution in [0.5, 0.6) is 11.5 Å². The van der Waals surface area contributed by atoms with Gasteiger partial charge in [-0.25, -0.2) is 4.98 Å². The Balaban J connectivity index is 1.79. The van der Waals surface area contributed by atoms with E-state index in [0.717, 1.165) is 0 Å². The van der Waals surface area contributed by atoms with E-state index < -0.39 is 17.7 Å². The molecule has 1 amide bonds. The minimum atomic E-state index is -0.834. The van der Waals surface area contributed by atoms with Gasteiger partial charge in [0.1, 0.15) is 17.3 Å². The lowest BCUT2D eigenvalue weighted by Gasteiger charge is -2.27. The van der Waals surface area contributed by atoms with Gasteiger partial charge in [0.2, 0.25) is 0 Å². The van der Waals surface area contributed by atoms with Gasteiger partial charge in [-0.05, 0) is 42.8 Å². The van der Waals surface area contributed by atoms with E-state index in [-0.39, 0.29) is 11.3 Å². The molecule has 2 heterocycles. The Labute approximate surface area is 202 Å². The number of amides is 1. The average molecular weight is 482 g/mol. The topological polar surface area (TPSA) is 93.9 Å². The number of halogens is 1. The Morgan fingerprint density at radius 3 is 2.50 bits per heavy atom. The number of methoxy groups -OCH3 is 2. The number of aromatic nitrogens is 2. The molecule has 1 N–H and O–H groups in total. The summed E-state index contributed by atoms with van der Waals surface area (Å²) in [5.74, 6) is -0.694. The van der Waals surface area contributed by atoms with E-state index in [9.17, 15) is 14.7 Å². The van der Waals surface area contributed by atoms with Crippen molar-refractivity contribution in [3.8, 4) is 11.5 Å². The lowest BCUT2D eigenvalue weighted by Crippen LogP contribution is -2.31. The van der Waals surface area contributed by atoms with Crippen LogP contribution in [0.1, 0.15) is 23.6 Å². The Morgan fingerprint density at radius 2 is 1.85 bits per heavy atom. The molecule has 1 unspecified atom stereocenters. The Bertz CT molecular complexity index is 1220. The molecule has 1 saturated heterocycles. The molecular weight excluding hydrogens is 458 g/mol. The number of carbonyl (C=O) groups excluding carboxylic acids is 2. The number of imidazole rings is 1. The fourth-order valence-electron chi connectivity index (χ4n) is 4.08. The fraction of sp³-hybridized carbons (Fsp3) is 0.240. The number of aliphatic hydroxyl groups excluding tert-OH is 1.